The van der Waals surface area contributed by atoms with Gasteiger partial charge in [0.2, 0.25) is 0 Å². The van der Waals surface area contributed by atoms with Gasteiger partial charge in [-0.25, -0.2) is 0 Å². The van der Waals surface area contributed by atoms with Crippen LogP contribution in [0.3, 0.4) is 0 Å². The Balaban J connectivity index is 2.58. The van der Waals surface area contributed by atoms with Crippen molar-refractivity contribution in [2.75, 3.05) is 6.54 Å². The van der Waals surface area contributed by atoms with Crippen molar-refractivity contribution < 1.29 is 4.42 Å². The number of rotatable bonds is 7. The first kappa shape index (κ1) is 12.3. The van der Waals surface area contributed by atoms with Gasteiger partial charge in [-0.05, 0) is 49.5 Å². The molecule has 1 aromatic heterocycles. The molecule has 0 fully saturated rings. The van der Waals surface area contributed by atoms with Crippen molar-refractivity contribution in [3.05, 3.63) is 35.8 Å². The highest BCUT2D eigenvalue weighted by Crippen LogP contribution is 2.23. The summed E-state index contributed by atoms with van der Waals surface area (Å²) in [4.78, 5) is 0. The molecule has 15 heavy (non-hydrogen) atoms. The van der Waals surface area contributed by atoms with Gasteiger partial charge in [-0.2, -0.15) is 0 Å². The molecule has 0 saturated carbocycles. The molecule has 0 bridgehead atoms. The molecule has 0 amide bonds. The number of halogens is 1. The molecular weight excluding hydrogens is 210 g/mol. The SMILES string of the molecule is C=CCCC(NCCC)c1ccc(Cl)o1. The third-order valence-electron chi connectivity index (χ3n) is 2.24. The average molecular weight is 228 g/mol. The molecule has 0 aliphatic heterocycles. The zero-order valence-electron chi connectivity index (χ0n) is 9.13. The Morgan fingerprint density at radius 2 is 2.40 bits per heavy atom. The van der Waals surface area contributed by atoms with E-state index >= 15 is 0 Å². The monoisotopic (exact) mass is 227 g/mol. The molecule has 1 unspecified atom stereocenters. The number of hydrogen-bond acceptors (Lipinski definition) is 2. The lowest BCUT2D eigenvalue weighted by molar-refractivity contribution is 0.398. The fourth-order valence-corrected chi connectivity index (χ4v) is 1.62. The molecule has 0 radical (unpaired) electrons. The summed E-state index contributed by atoms with van der Waals surface area (Å²) in [7, 11) is 0. The van der Waals surface area contributed by atoms with Crippen LogP contribution < -0.4 is 5.32 Å². The van der Waals surface area contributed by atoms with Gasteiger partial charge in [0.1, 0.15) is 5.76 Å². The van der Waals surface area contributed by atoms with E-state index in [1.165, 1.54) is 0 Å². The predicted molar refractivity (Wildman–Crippen MR) is 64.2 cm³/mol. The quantitative estimate of drug-likeness (QED) is 0.714. The molecule has 1 N–H and O–H groups in total. The summed E-state index contributed by atoms with van der Waals surface area (Å²) in [6, 6.07) is 3.96. The van der Waals surface area contributed by atoms with E-state index in [1.54, 1.807) is 6.07 Å². The topological polar surface area (TPSA) is 25.2 Å². The molecule has 2 nitrogen and oxygen atoms in total. The van der Waals surface area contributed by atoms with Crippen LogP contribution in [0.4, 0.5) is 0 Å². The fraction of sp³-hybridized carbons (Fsp3) is 0.500. The van der Waals surface area contributed by atoms with Crippen molar-refractivity contribution in [2.24, 2.45) is 0 Å². The van der Waals surface area contributed by atoms with Crippen LogP contribution in [0.2, 0.25) is 5.22 Å². The van der Waals surface area contributed by atoms with E-state index in [1.807, 2.05) is 12.1 Å². The molecule has 0 aliphatic rings. The molecule has 0 aliphatic carbocycles. The third-order valence-corrected chi connectivity index (χ3v) is 2.44. The van der Waals surface area contributed by atoms with Gasteiger partial charge in [0.25, 0.3) is 0 Å². The Morgan fingerprint density at radius 3 is 2.93 bits per heavy atom. The van der Waals surface area contributed by atoms with E-state index in [9.17, 15) is 0 Å². The largest absolute Gasteiger partial charge is 0.448 e. The molecule has 0 aromatic carbocycles. The Hall–Kier alpha value is -0.730. The minimum absolute atomic E-state index is 0.246. The Labute approximate surface area is 96.3 Å². The van der Waals surface area contributed by atoms with Crippen molar-refractivity contribution in [1.29, 1.82) is 0 Å². The molecule has 0 saturated heterocycles. The van der Waals surface area contributed by atoms with Gasteiger partial charge >= 0.3 is 0 Å². The molecule has 1 atom stereocenters. The van der Waals surface area contributed by atoms with Crippen molar-refractivity contribution >= 4 is 11.6 Å². The van der Waals surface area contributed by atoms with E-state index in [0.29, 0.717) is 5.22 Å². The summed E-state index contributed by atoms with van der Waals surface area (Å²) in [6.07, 6.45) is 5.00. The summed E-state index contributed by atoms with van der Waals surface area (Å²) >= 11 is 5.76. The van der Waals surface area contributed by atoms with E-state index in [2.05, 4.69) is 18.8 Å². The van der Waals surface area contributed by atoms with E-state index < -0.39 is 0 Å². The minimum Gasteiger partial charge on any atom is -0.448 e. The summed E-state index contributed by atoms with van der Waals surface area (Å²) in [5, 5.41) is 3.88. The third kappa shape index (κ3) is 4.10. The zero-order valence-corrected chi connectivity index (χ0v) is 9.89. The van der Waals surface area contributed by atoms with E-state index in [-0.39, 0.29) is 6.04 Å². The van der Waals surface area contributed by atoms with E-state index in [0.717, 1.165) is 31.6 Å². The lowest BCUT2D eigenvalue weighted by atomic mass is 10.1. The van der Waals surface area contributed by atoms with Crippen LogP contribution in [0.15, 0.2) is 29.2 Å². The summed E-state index contributed by atoms with van der Waals surface area (Å²) in [5.74, 6) is 0.912. The molecule has 3 heteroatoms. The van der Waals surface area contributed by atoms with Crippen molar-refractivity contribution in [3.8, 4) is 0 Å². The van der Waals surface area contributed by atoms with Gasteiger partial charge in [0, 0.05) is 0 Å². The van der Waals surface area contributed by atoms with Gasteiger partial charge in [-0.1, -0.05) is 13.0 Å². The highest BCUT2D eigenvalue weighted by molar-refractivity contribution is 6.28. The first-order valence-electron chi connectivity index (χ1n) is 5.37. The standard InChI is InChI=1S/C12H18ClNO/c1-3-5-6-10(14-9-4-2)11-7-8-12(13)15-11/h3,7-8,10,14H,1,4-6,9H2,2H3. The molecule has 84 valence electrons. The lowest BCUT2D eigenvalue weighted by Crippen LogP contribution is -2.21. The predicted octanol–water partition coefficient (Wildman–Crippen LogP) is 3.94. The Kier molecular flexibility index (Phi) is 5.51. The number of allylic oxidation sites excluding steroid dienone is 1. The molecule has 0 spiro atoms. The maximum Gasteiger partial charge on any atom is 0.193 e. The highest BCUT2D eigenvalue weighted by atomic mass is 35.5. The smallest absolute Gasteiger partial charge is 0.193 e. The first-order valence-corrected chi connectivity index (χ1v) is 5.75. The Bertz CT molecular complexity index is 296. The average Bonchev–Trinajstić information content (AvgIpc) is 2.65. The minimum atomic E-state index is 0.246. The van der Waals surface area contributed by atoms with Gasteiger partial charge in [-0.15, -0.1) is 6.58 Å². The van der Waals surface area contributed by atoms with Gasteiger partial charge in [0.05, 0.1) is 6.04 Å². The molecule has 1 aromatic rings. The van der Waals surface area contributed by atoms with E-state index in [4.69, 9.17) is 16.0 Å². The molecule has 1 rings (SSSR count). The normalized spacial score (nSPS) is 12.7. The fourth-order valence-electron chi connectivity index (χ4n) is 1.46. The van der Waals surface area contributed by atoms with Crippen LogP contribution in [0.1, 0.15) is 38.0 Å². The van der Waals surface area contributed by atoms with Crippen LogP contribution in [0.5, 0.6) is 0 Å². The zero-order chi connectivity index (χ0) is 11.1. The summed E-state index contributed by atoms with van der Waals surface area (Å²) in [5.41, 5.74) is 0. The van der Waals surface area contributed by atoms with Gasteiger partial charge in [0.15, 0.2) is 5.22 Å². The van der Waals surface area contributed by atoms with Gasteiger partial charge < -0.3 is 9.73 Å². The maximum atomic E-state index is 5.76. The second kappa shape index (κ2) is 6.70. The van der Waals surface area contributed by atoms with Crippen LogP contribution in [-0.4, -0.2) is 6.54 Å². The maximum absolute atomic E-state index is 5.76. The van der Waals surface area contributed by atoms with Crippen molar-refractivity contribution in [2.45, 2.75) is 32.2 Å². The summed E-state index contributed by atoms with van der Waals surface area (Å²) < 4.78 is 5.41. The molecule has 1 heterocycles. The van der Waals surface area contributed by atoms with Crippen molar-refractivity contribution in [1.82, 2.24) is 5.32 Å². The lowest BCUT2D eigenvalue weighted by Gasteiger charge is -2.14. The number of hydrogen-bond donors (Lipinski definition) is 1. The van der Waals surface area contributed by atoms with Crippen LogP contribution in [0.25, 0.3) is 0 Å². The number of nitrogens with one attached hydrogen (secondary N) is 1. The Morgan fingerprint density at radius 1 is 1.60 bits per heavy atom. The molecular formula is C12H18ClNO. The number of furan rings is 1. The van der Waals surface area contributed by atoms with Crippen LogP contribution >= 0.6 is 11.6 Å². The van der Waals surface area contributed by atoms with Gasteiger partial charge in [-0.3, -0.25) is 0 Å². The van der Waals surface area contributed by atoms with Crippen LogP contribution in [0, 0.1) is 0 Å². The highest BCUT2D eigenvalue weighted by Gasteiger charge is 2.13. The second-order valence-electron chi connectivity index (χ2n) is 3.51. The first-order chi connectivity index (χ1) is 7.27. The van der Waals surface area contributed by atoms with Crippen molar-refractivity contribution in [3.63, 3.8) is 0 Å². The summed E-state index contributed by atoms with van der Waals surface area (Å²) in [6.45, 7) is 6.86. The van der Waals surface area contributed by atoms with Crippen LogP contribution in [-0.2, 0) is 0 Å². The second-order valence-corrected chi connectivity index (χ2v) is 3.89.